The van der Waals surface area contributed by atoms with E-state index < -0.39 is 0 Å². The standard InChI is InChI=1S/C20H20ClN7O/c1-4-28-12(2)13(9-23-28)11-27(3)20(29)16-8-18(19-10-22-26-25-19)24-17-6-5-14(21)7-15(16)17/h5-10H,4,11H2,1-3H3,(H,22,25,26). The van der Waals surface area contributed by atoms with E-state index in [4.69, 9.17) is 11.6 Å². The Bertz CT molecular complexity index is 1180. The van der Waals surface area contributed by atoms with Gasteiger partial charge in [0.15, 0.2) is 0 Å². The molecule has 0 bridgehead atoms. The Balaban J connectivity index is 1.75. The Kier molecular flexibility index (Phi) is 5.02. The molecule has 0 atom stereocenters. The van der Waals surface area contributed by atoms with Gasteiger partial charge in [-0.15, -0.1) is 5.10 Å². The summed E-state index contributed by atoms with van der Waals surface area (Å²) in [6, 6.07) is 7.07. The monoisotopic (exact) mass is 409 g/mol. The highest BCUT2D eigenvalue weighted by atomic mass is 35.5. The number of hydrogen-bond acceptors (Lipinski definition) is 5. The second kappa shape index (κ2) is 7.63. The van der Waals surface area contributed by atoms with Crippen LogP contribution >= 0.6 is 11.6 Å². The summed E-state index contributed by atoms with van der Waals surface area (Å²) in [7, 11) is 1.78. The van der Waals surface area contributed by atoms with Gasteiger partial charge in [-0.2, -0.15) is 5.10 Å². The van der Waals surface area contributed by atoms with Crippen LogP contribution in [0.25, 0.3) is 22.3 Å². The van der Waals surface area contributed by atoms with Gasteiger partial charge in [-0.1, -0.05) is 16.8 Å². The second-order valence-corrected chi connectivity index (χ2v) is 7.26. The average Bonchev–Trinajstić information content (AvgIpc) is 3.37. The van der Waals surface area contributed by atoms with Crippen LogP contribution in [0.1, 0.15) is 28.5 Å². The third-order valence-corrected chi connectivity index (χ3v) is 5.19. The first-order valence-corrected chi connectivity index (χ1v) is 9.59. The molecule has 0 saturated heterocycles. The molecule has 8 nitrogen and oxygen atoms in total. The fraction of sp³-hybridized carbons (Fsp3) is 0.250. The summed E-state index contributed by atoms with van der Waals surface area (Å²) in [6.07, 6.45) is 3.39. The Labute approximate surface area is 172 Å². The number of aromatic amines is 1. The van der Waals surface area contributed by atoms with Crippen molar-refractivity contribution in [2.75, 3.05) is 7.05 Å². The number of aryl methyl sites for hydroxylation is 1. The van der Waals surface area contributed by atoms with E-state index >= 15 is 0 Å². The van der Waals surface area contributed by atoms with Gasteiger partial charge in [0.25, 0.3) is 5.91 Å². The molecule has 0 aliphatic carbocycles. The van der Waals surface area contributed by atoms with Gasteiger partial charge in [-0.3, -0.25) is 14.6 Å². The lowest BCUT2D eigenvalue weighted by atomic mass is 10.1. The highest BCUT2D eigenvalue weighted by Crippen LogP contribution is 2.27. The SMILES string of the molecule is CCn1ncc(CN(C)C(=O)c2cc(-c3cnn[nH]3)nc3ccc(Cl)cc23)c1C. The maximum absolute atomic E-state index is 13.4. The minimum absolute atomic E-state index is 0.128. The highest BCUT2D eigenvalue weighted by Gasteiger charge is 2.20. The molecule has 3 heterocycles. The van der Waals surface area contributed by atoms with E-state index in [1.54, 1.807) is 42.4 Å². The molecule has 29 heavy (non-hydrogen) atoms. The second-order valence-electron chi connectivity index (χ2n) is 6.82. The first kappa shape index (κ1) is 19.1. The quantitative estimate of drug-likeness (QED) is 0.544. The molecular weight excluding hydrogens is 390 g/mol. The van der Waals surface area contributed by atoms with E-state index in [-0.39, 0.29) is 5.91 Å². The third-order valence-electron chi connectivity index (χ3n) is 4.95. The fourth-order valence-electron chi connectivity index (χ4n) is 3.33. The molecule has 0 radical (unpaired) electrons. The van der Waals surface area contributed by atoms with E-state index in [1.165, 1.54) is 0 Å². The van der Waals surface area contributed by atoms with Crippen LogP contribution in [-0.4, -0.2) is 48.0 Å². The van der Waals surface area contributed by atoms with Gasteiger partial charge in [0.05, 0.1) is 29.2 Å². The number of amides is 1. The van der Waals surface area contributed by atoms with Crippen LogP contribution in [0.2, 0.25) is 5.02 Å². The number of fused-ring (bicyclic) bond motifs is 1. The third kappa shape index (κ3) is 3.58. The number of benzene rings is 1. The minimum atomic E-state index is -0.128. The molecule has 4 rings (SSSR count). The zero-order valence-corrected chi connectivity index (χ0v) is 17.1. The first-order valence-electron chi connectivity index (χ1n) is 9.21. The number of aromatic nitrogens is 6. The highest BCUT2D eigenvalue weighted by molar-refractivity contribution is 6.31. The topological polar surface area (TPSA) is 92.6 Å². The van der Waals surface area contributed by atoms with Crippen molar-refractivity contribution in [3.05, 3.63) is 58.5 Å². The number of nitrogens with one attached hydrogen (secondary N) is 1. The summed E-state index contributed by atoms with van der Waals surface area (Å²) < 4.78 is 1.92. The number of nitrogens with zero attached hydrogens (tertiary/aromatic N) is 6. The van der Waals surface area contributed by atoms with Gasteiger partial charge in [-0.25, -0.2) is 4.98 Å². The Morgan fingerprint density at radius 2 is 2.10 bits per heavy atom. The van der Waals surface area contributed by atoms with Gasteiger partial charge in [0.1, 0.15) is 5.69 Å². The van der Waals surface area contributed by atoms with Crippen LogP contribution in [0.15, 0.2) is 36.7 Å². The lowest BCUT2D eigenvalue weighted by Gasteiger charge is -2.19. The molecule has 0 saturated carbocycles. The normalized spacial score (nSPS) is 11.2. The van der Waals surface area contributed by atoms with Crippen molar-refractivity contribution >= 4 is 28.4 Å². The summed E-state index contributed by atoms with van der Waals surface area (Å²) in [4.78, 5) is 19.7. The summed E-state index contributed by atoms with van der Waals surface area (Å²) >= 11 is 6.19. The van der Waals surface area contributed by atoms with Crippen LogP contribution in [0, 0.1) is 6.92 Å². The molecule has 9 heteroatoms. The molecule has 0 aliphatic heterocycles. The Hall–Kier alpha value is -3.26. The van der Waals surface area contributed by atoms with Gasteiger partial charge >= 0.3 is 0 Å². The lowest BCUT2D eigenvalue weighted by molar-refractivity contribution is 0.0787. The Morgan fingerprint density at radius 3 is 2.79 bits per heavy atom. The van der Waals surface area contributed by atoms with E-state index in [0.29, 0.717) is 39.4 Å². The first-order chi connectivity index (χ1) is 14.0. The van der Waals surface area contributed by atoms with Crippen LogP contribution in [0.5, 0.6) is 0 Å². The Morgan fingerprint density at radius 1 is 1.28 bits per heavy atom. The molecule has 0 spiro atoms. The summed E-state index contributed by atoms with van der Waals surface area (Å²) in [5, 5.41) is 16.0. The van der Waals surface area contributed by atoms with Crippen molar-refractivity contribution in [1.82, 2.24) is 35.1 Å². The number of halogens is 1. The van der Waals surface area contributed by atoms with Crippen LogP contribution in [0.4, 0.5) is 0 Å². The van der Waals surface area contributed by atoms with Crippen molar-refractivity contribution in [3.63, 3.8) is 0 Å². The molecule has 0 unspecified atom stereocenters. The van der Waals surface area contributed by atoms with Crippen LogP contribution < -0.4 is 0 Å². The van der Waals surface area contributed by atoms with Crippen molar-refractivity contribution in [1.29, 1.82) is 0 Å². The van der Waals surface area contributed by atoms with Crippen molar-refractivity contribution < 1.29 is 4.79 Å². The predicted octanol–water partition coefficient (Wildman–Crippen LogP) is 3.47. The molecule has 0 fully saturated rings. The number of carbonyl (C=O) groups is 1. The van der Waals surface area contributed by atoms with Gasteiger partial charge < -0.3 is 4.90 Å². The molecular formula is C20H20ClN7O. The largest absolute Gasteiger partial charge is 0.337 e. The average molecular weight is 410 g/mol. The van der Waals surface area contributed by atoms with Crippen molar-refractivity contribution in [3.8, 4) is 11.4 Å². The van der Waals surface area contributed by atoms with Crippen molar-refractivity contribution in [2.24, 2.45) is 0 Å². The van der Waals surface area contributed by atoms with E-state index in [2.05, 4.69) is 25.5 Å². The number of hydrogen-bond donors (Lipinski definition) is 1. The molecule has 1 N–H and O–H groups in total. The maximum atomic E-state index is 13.4. The molecule has 4 aromatic rings. The molecule has 3 aromatic heterocycles. The van der Waals surface area contributed by atoms with Crippen LogP contribution in [-0.2, 0) is 13.1 Å². The van der Waals surface area contributed by atoms with Crippen molar-refractivity contribution in [2.45, 2.75) is 26.9 Å². The van der Waals surface area contributed by atoms with Gasteiger partial charge in [0, 0.05) is 41.8 Å². The minimum Gasteiger partial charge on any atom is -0.337 e. The molecule has 0 aliphatic rings. The number of rotatable bonds is 5. The van der Waals surface area contributed by atoms with E-state index in [0.717, 1.165) is 17.8 Å². The summed E-state index contributed by atoms with van der Waals surface area (Å²) in [5.74, 6) is -0.128. The number of carbonyl (C=O) groups excluding carboxylic acids is 1. The number of H-pyrrole nitrogens is 1. The number of pyridine rings is 1. The molecule has 1 aromatic carbocycles. The van der Waals surface area contributed by atoms with Gasteiger partial charge in [-0.05, 0) is 38.1 Å². The summed E-state index contributed by atoms with van der Waals surface area (Å²) in [5.41, 5.74) is 4.49. The molecule has 148 valence electrons. The smallest absolute Gasteiger partial charge is 0.254 e. The lowest BCUT2D eigenvalue weighted by Crippen LogP contribution is -2.26. The van der Waals surface area contributed by atoms with E-state index in [9.17, 15) is 4.79 Å². The van der Waals surface area contributed by atoms with Crippen LogP contribution in [0.3, 0.4) is 0 Å². The zero-order chi connectivity index (χ0) is 20.5. The fourth-order valence-corrected chi connectivity index (χ4v) is 3.50. The zero-order valence-electron chi connectivity index (χ0n) is 16.3. The van der Waals surface area contributed by atoms with E-state index in [1.807, 2.05) is 24.7 Å². The predicted molar refractivity (Wildman–Crippen MR) is 111 cm³/mol. The molecule has 1 amide bonds. The summed E-state index contributed by atoms with van der Waals surface area (Å²) in [6.45, 7) is 5.29. The van der Waals surface area contributed by atoms with Gasteiger partial charge in [0.2, 0.25) is 0 Å². The maximum Gasteiger partial charge on any atom is 0.254 e.